The lowest BCUT2D eigenvalue weighted by Gasteiger charge is -2.24. The Labute approximate surface area is 156 Å². The largest absolute Gasteiger partial charge is 0.371 e. The van der Waals surface area contributed by atoms with Gasteiger partial charge in [-0.15, -0.1) is 0 Å². The lowest BCUT2D eigenvalue weighted by Crippen LogP contribution is -2.38. The Hall–Kier alpha value is -1.64. The van der Waals surface area contributed by atoms with Crippen molar-refractivity contribution in [2.45, 2.75) is 44.6 Å². The lowest BCUT2D eigenvalue weighted by molar-refractivity contribution is 0.0941. The summed E-state index contributed by atoms with van der Waals surface area (Å²) in [6.45, 7) is 8.26. The predicted molar refractivity (Wildman–Crippen MR) is 104 cm³/mol. The van der Waals surface area contributed by atoms with Crippen molar-refractivity contribution in [2.75, 3.05) is 37.6 Å². The molecule has 1 aromatic rings. The zero-order valence-corrected chi connectivity index (χ0v) is 16.7. The summed E-state index contributed by atoms with van der Waals surface area (Å²) in [7, 11) is -3.62. The Morgan fingerprint density at radius 3 is 2.42 bits per heavy atom. The Morgan fingerprint density at radius 2 is 1.88 bits per heavy atom. The summed E-state index contributed by atoms with van der Waals surface area (Å²) >= 11 is 0. The molecule has 0 bridgehead atoms. The summed E-state index contributed by atoms with van der Waals surface area (Å²) in [4.78, 5) is 15.1. The van der Waals surface area contributed by atoms with Gasteiger partial charge in [-0.3, -0.25) is 4.79 Å². The average molecular weight is 383 g/mol. The molecular weight excluding hydrogens is 352 g/mol. The first kappa shape index (κ1) is 20.7. The molecule has 26 heavy (non-hydrogen) atoms. The smallest absolute Gasteiger partial charge is 0.253 e. The molecule has 0 spiro atoms. The molecule has 1 aromatic carbocycles. The van der Waals surface area contributed by atoms with Crippen LogP contribution in [0.4, 0.5) is 5.69 Å². The van der Waals surface area contributed by atoms with Gasteiger partial charge >= 0.3 is 0 Å². The highest BCUT2D eigenvalue weighted by atomic mass is 32.2. The van der Waals surface area contributed by atoms with Gasteiger partial charge in [-0.05, 0) is 38.0 Å². The second-order valence-electron chi connectivity index (χ2n) is 6.57. The van der Waals surface area contributed by atoms with Gasteiger partial charge in [-0.1, -0.05) is 13.8 Å². The van der Waals surface area contributed by atoms with Crippen LogP contribution in [0, 0.1) is 0 Å². The molecular formula is C18H30N4O3S. The third-order valence-electron chi connectivity index (χ3n) is 4.73. The molecule has 0 radical (unpaired) electrons. The first-order chi connectivity index (χ1) is 12.3. The normalized spacial score (nSPS) is 16.1. The van der Waals surface area contributed by atoms with Crippen LogP contribution in [0.15, 0.2) is 23.1 Å². The molecule has 1 amide bonds. The van der Waals surface area contributed by atoms with E-state index in [4.69, 9.17) is 5.73 Å². The monoisotopic (exact) mass is 382 g/mol. The van der Waals surface area contributed by atoms with Gasteiger partial charge in [-0.2, -0.15) is 4.31 Å². The van der Waals surface area contributed by atoms with E-state index in [2.05, 4.69) is 10.2 Å². The predicted octanol–water partition coefficient (Wildman–Crippen LogP) is 1.39. The first-order valence-corrected chi connectivity index (χ1v) is 10.7. The van der Waals surface area contributed by atoms with Crippen LogP contribution in [0.2, 0.25) is 0 Å². The number of sulfonamides is 1. The number of carbonyl (C=O) groups is 1. The molecule has 1 fully saturated rings. The van der Waals surface area contributed by atoms with Gasteiger partial charge in [0, 0.05) is 44.5 Å². The number of hydrogen-bond acceptors (Lipinski definition) is 5. The fourth-order valence-electron chi connectivity index (χ4n) is 3.16. The van der Waals surface area contributed by atoms with E-state index in [0.717, 1.165) is 31.6 Å². The van der Waals surface area contributed by atoms with E-state index < -0.39 is 10.0 Å². The fraction of sp³-hybridized carbons (Fsp3) is 0.611. The second kappa shape index (κ2) is 8.83. The number of benzene rings is 1. The molecule has 1 saturated heterocycles. The van der Waals surface area contributed by atoms with E-state index in [0.29, 0.717) is 25.2 Å². The van der Waals surface area contributed by atoms with Crippen molar-refractivity contribution < 1.29 is 13.2 Å². The Morgan fingerprint density at radius 1 is 1.27 bits per heavy atom. The molecule has 8 heteroatoms. The van der Waals surface area contributed by atoms with Crippen LogP contribution in [-0.4, -0.2) is 57.4 Å². The molecule has 1 aliphatic rings. The van der Waals surface area contributed by atoms with Crippen molar-refractivity contribution in [2.24, 2.45) is 5.73 Å². The summed E-state index contributed by atoms with van der Waals surface area (Å²) in [5.74, 6) is -0.290. The van der Waals surface area contributed by atoms with Crippen LogP contribution in [0.25, 0.3) is 0 Å². The van der Waals surface area contributed by atoms with Crippen molar-refractivity contribution in [3.05, 3.63) is 23.8 Å². The van der Waals surface area contributed by atoms with E-state index in [-0.39, 0.29) is 16.8 Å². The SMILES string of the molecule is CCN(CC)S(=O)(=O)c1ccc(N2CCCC2)c(C(=O)N[C@@H](C)CN)c1. The van der Waals surface area contributed by atoms with Gasteiger partial charge < -0.3 is 16.0 Å². The molecule has 0 unspecified atom stereocenters. The van der Waals surface area contributed by atoms with Crippen LogP contribution in [0.1, 0.15) is 44.0 Å². The highest BCUT2D eigenvalue weighted by Gasteiger charge is 2.26. The van der Waals surface area contributed by atoms with E-state index in [1.165, 1.54) is 10.4 Å². The molecule has 0 saturated carbocycles. The third kappa shape index (κ3) is 4.36. The van der Waals surface area contributed by atoms with Crippen LogP contribution in [-0.2, 0) is 10.0 Å². The van der Waals surface area contributed by atoms with Crippen LogP contribution < -0.4 is 16.0 Å². The van der Waals surface area contributed by atoms with Crippen molar-refractivity contribution in [3.8, 4) is 0 Å². The van der Waals surface area contributed by atoms with E-state index in [9.17, 15) is 13.2 Å². The molecule has 1 atom stereocenters. The Kier molecular flexibility index (Phi) is 7.02. The quantitative estimate of drug-likeness (QED) is 0.708. The molecule has 1 aliphatic heterocycles. The van der Waals surface area contributed by atoms with Crippen molar-refractivity contribution in [1.82, 2.24) is 9.62 Å². The van der Waals surface area contributed by atoms with Crippen LogP contribution in [0.5, 0.6) is 0 Å². The minimum Gasteiger partial charge on any atom is -0.371 e. The zero-order chi connectivity index (χ0) is 19.3. The maximum atomic E-state index is 12.8. The molecule has 146 valence electrons. The molecule has 2 rings (SSSR count). The molecule has 0 aromatic heterocycles. The van der Waals surface area contributed by atoms with Crippen molar-refractivity contribution >= 4 is 21.6 Å². The Bertz CT molecular complexity index is 726. The van der Waals surface area contributed by atoms with Crippen molar-refractivity contribution in [3.63, 3.8) is 0 Å². The zero-order valence-electron chi connectivity index (χ0n) is 15.9. The van der Waals surface area contributed by atoms with E-state index >= 15 is 0 Å². The van der Waals surface area contributed by atoms with Crippen LogP contribution >= 0.6 is 0 Å². The minimum atomic E-state index is -3.62. The molecule has 3 N–H and O–H groups in total. The molecule has 0 aliphatic carbocycles. The van der Waals surface area contributed by atoms with Crippen LogP contribution in [0.3, 0.4) is 0 Å². The maximum absolute atomic E-state index is 12.8. The van der Waals surface area contributed by atoms with Gasteiger partial charge in [0.05, 0.1) is 10.5 Å². The number of anilines is 1. The number of nitrogens with two attached hydrogens (primary N) is 1. The summed E-state index contributed by atoms with van der Waals surface area (Å²) in [6.07, 6.45) is 2.14. The summed E-state index contributed by atoms with van der Waals surface area (Å²) < 4.78 is 27.1. The van der Waals surface area contributed by atoms with E-state index in [1.807, 2.05) is 6.92 Å². The van der Waals surface area contributed by atoms with Gasteiger partial charge in [0.25, 0.3) is 5.91 Å². The number of amides is 1. The minimum absolute atomic E-state index is 0.148. The average Bonchev–Trinajstić information content (AvgIpc) is 3.16. The molecule has 7 nitrogen and oxygen atoms in total. The van der Waals surface area contributed by atoms with Gasteiger partial charge in [0.2, 0.25) is 10.0 Å². The highest BCUT2D eigenvalue weighted by molar-refractivity contribution is 7.89. The summed E-state index contributed by atoms with van der Waals surface area (Å²) in [5.41, 5.74) is 6.78. The van der Waals surface area contributed by atoms with E-state index in [1.54, 1.807) is 26.0 Å². The number of hydrogen-bond donors (Lipinski definition) is 2. The highest BCUT2D eigenvalue weighted by Crippen LogP contribution is 2.28. The topological polar surface area (TPSA) is 95.7 Å². The first-order valence-electron chi connectivity index (χ1n) is 9.25. The van der Waals surface area contributed by atoms with Gasteiger partial charge in [0.15, 0.2) is 0 Å². The number of nitrogens with zero attached hydrogens (tertiary/aromatic N) is 2. The standard InChI is InChI=1S/C18H30N4O3S/c1-4-22(5-2)26(24,25)15-8-9-17(21-10-6-7-11-21)16(12-15)18(23)20-14(3)13-19/h8-9,12,14H,4-7,10-11,13,19H2,1-3H3,(H,20,23)/t14-/m0/s1. The summed E-state index contributed by atoms with van der Waals surface area (Å²) in [6, 6.07) is 4.67. The lowest BCUT2D eigenvalue weighted by atomic mass is 10.1. The van der Waals surface area contributed by atoms with Crippen molar-refractivity contribution in [1.29, 1.82) is 0 Å². The Balaban J connectivity index is 2.48. The van der Waals surface area contributed by atoms with Gasteiger partial charge in [-0.25, -0.2) is 8.42 Å². The summed E-state index contributed by atoms with van der Waals surface area (Å²) in [5, 5.41) is 2.85. The maximum Gasteiger partial charge on any atom is 0.253 e. The number of carbonyl (C=O) groups excluding carboxylic acids is 1. The second-order valence-corrected chi connectivity index (χ2v) is 8.51. The third-order valence-corrected chi connectivity index (χ3v) is 6.78. The number of nitrogens with one attached hydrogen (secondary N) is 1. The molecule has 1 heterocycles. The number of rotatable bonds is 8. The van der Waals surface area contributed by atoms with Gasteiger partial charge in [0.1, 0.15) is 0 Å². The fourth-order valence-corrected chi connectivity index (χ4v) is 4.65.